The number of nitrogens with one attached hydrogen (secondary N) is 1. The third kappa shape index (κ3) is 3.76. The maximum Gasteiger partial charge on any atom is 0.240 e. The van der Waals surface area contributed by atoms with E-state index in [0.717, 1.165) is 45.2 Å². The number of aromatic nitrogens is 5. The number of anilines is 2. The Bertz CT molecular complexity index is 1450. The highest BCUT2D eigenvalue weighted by Gasteiger charge is 2.15. The highest BCUT2D eigenvalue weighted by Crippen LogP contribution is 2.32. The molecule has 3 heterocycles. The van der Waals surface area contributed by atoms with Crippen LogP contribution in [0.15, 0.2) is 67.1 Å². The first-order chi connectivity index (χ1) is 16.1. The zero-order valence-electron chi connectivity index (χ0n) is 18.9. The predicted molar refractivity (Wildman–Crippen MR) is 129 cm³/mol. The van der Waals surface area contributed by atoms with Crippen LogP contribution in [0.1, 0.15) is 5.69 Å². The molecule has 5 aromatic rings. The lowest BCUT2D eigenvalue weighted by Crippen LogP contribution is -2.01. The molecule has 166 valence electrons. The summed E-state index contributed by atoms with van der Waals surface area (Å²) in [6.07, 6.45) is 3.68. The van der Waals surface area contributed by atoms with Gasteiger partial charge in [0.25, 0.3) is 0 Å². The van der Waals surface area contributed by atoms with Crippen molar-refractivity contribution >= 4 is 22.5 Å². The molecule has 0 radical (unpaired) electrons. The number of para-hydroxylation sites is 1. The van der Waals surface area contributed by atoms with Gasteiger partial charge in [-0.15, -0.1) is 0 Å². The molecule has 0 saturated carbocycles. The van der Waals surface area contributed by atoms with Gasteiger partial charge < -0.3 is 23.9 Å². The lowest BCUT2D eigenvalue weighted by atomic mass is 10.2. The summed E-state index contributed by atoms with van der Waals surface area (Å²) in [6, 6.07) is 17.8. The smallest absolute Gasteiger partial charge is 0.240 e. The molecule has 0 aliphatic rings. The van der Waals surface area contributed by atoms with E-state index in [4.69, 9.17) is 14.5 Å². The molecule has 0 fully saturated rings. The van der Waals surface area contributed by atoms with Gasteiger partial charge in [0.1, 0.15) is 28.6 Å². The topological polar surface area (TPSA) is 79.0 Å². The number of rotatable bonds is 6. The van der Waals surface area contributed by atoms with Crippen LogP contribution >= 0.6 is 0 Å². The van der Waals surface area contributed by atoms with Gasteiger partial charge in [0.2, 0.25) is 5.88 Å². The Morgan fingerprint density at radius 3 is 2.55 bits per heavy atom. The van der Waals surface area contributed by atoms with Crippen molar-refractivity contribution in [1.29, 1.82) is 0 Å². The number of ether oxygens (including phenoxy) is 2. The summed E-state index contributed by atoms with van der Waals surface area (Å²) >= 11 is 0. The molecule has 1 N–H and O–H groups in total. The first kappa shape index (κ1) is 20.6. The third-order valence-corrected chi connectivity index (χ3v) is 5.53. The van der Waals surface area contributed by atoms with Crippen molar-refractivity contribution in [2.75, 3.05) is 19.5 Å². The second kappa shape index (κ2) is 8.31. The van der Waals surface area contributed by atoms with E-state index in [1.807, 2.05) is 73.3 Å². The second-order valence-electron chi connectivity index (χ2n) is 7.67. The van der Waals surface area contributed by atoms with Crippen LogP contribution in [0.25, 0.3) is 28.1 Å². The van der Waals surface area contributed by atoms with Crippen molar-refractivity contribution in [2.24, 2.45) is 7.05 Å². The maximum atomic E-state index is 5.55. The number of pyridine rings is 1. The minimum Gasteiger partial charge on any atom is -0.497 e. The number of fused-ring (bicyclic) bond motifs is 1. The van der Waals surface area contributed by atoms with Crippen LogP contribution in [0, 0.1) is 6.92 Å². The number of nitrogens with zero attached hydrogens (tertiary/aromatic N) is 5. The molecule has 2 aromatic carbocycles. The van der Waals surface area contributed by atoms with E-state index in [9.17, 15) is 0 Å². The van der Waals surface area contributed by atoms with Gasteiger partial charge in [-0.3, -0.25) is 0 Å². The van der Waals surface area contributed by atoms with Gasteiger partial charge in [-0.05, 0) is 43.3 Å². The van der Waals surface area contributed by atoms with E-state index in [1.54, 1.807) is 20.5 Å². The lowest BCUT2D eigenvalue weighted by Gasteiger charge is -2.11. The summed E-state index contributed by atoms with van der Waals surface area (Å²) in [7, 11) is 5.28. The van der Waals surface area contributed by atoms with E-state index >= 15 is 0 Å². The highest BCUT2D eigenvalue weighted by molar-refractivity contribution is 5.92. The molecule has 33 heavy (non-hydrogen) atoms. The van der Waals surface area contributed by atoms with Crippen molar-refractivity contribution in [1.82, 2.24) is 24.1 Å². The maximum absolute atomic E-state index is 5.55. The number of hydrogen-bond donors (Lipinski definition) is 1. The molecule has 0 amide bonds. The van der Waals surface area contributed by atoms with Gasteiger partial charge in [-0.2, -0.15) is 4.98 Å². The zero-order chi connectivity index (χ0) is 22.9. The molecule has 0 aliphatic heterocycles. The van der Waals surface area contributed by atoms with Crippen LogP contribution in [-0.2, 0) is 7.05 Å². The largest absolute Gasteiger partial charge is 0.497 e. The molecule has 0 bridgehead atoms. The summed E-state index contributed by atoms with van der Waals surface area (Å²) in [6.45, 7) is 1.94. The minimum atomic E-state index is 0.502. The summed E-state index contributed by atoms with van der Waals surface area (Å²) in [4.78, 5) is 13.9. The van der Waals surface area contributed by atoms with Crippen LogP contribution in [-0.4, -0.2) is 38.3 Å². The normalized spacial score (nSPS) is 11.0. The number of imidazole rings is 2. The quantitative estimate of drug-likeness (QED) is 0.405. The van der Waals surface area contributed by atoms with Gasteiger partial charge in [-0.25, -0.2) is 9.97 Å². The van der Waals surface area contributed by atoms with Gasteiger partial charge in [0.15, 0.2) is 0 Å². The van der Waals surface area contributed by atoms with Crippen LogP contribution in [0.4, 0.5) is 11.5 Å². The Kier molecular flexibility index (Phi) is 5.18. The van der Waals surface area contributed by atoms with Crippen LogP contribution in [0.2, 0.25) is 0 Å². The molecule has 3 aromatic heterocycles. The first-order valence-corrected chi connectivity index (χ1v) is 10.5. The van der Waals surface area contributed by atoms with Crippen LogP contribution in [0.5, 0.6) is 11.6 Å². The number of hydrogen-bond acceptors (Lipinski definition) is 6. The third-order valence-electron chi connectivity index (χ3n) is 5.53. The second-order valence-corrected chi connectivity index (χ2v) is 7.67. The monoisotopic (exact) mass is 440 g/mol. The summed E-state index contributed by atoms with van der Waals surface area (Å²) < 4.78 is 14.9. The fraction of sp³-hybridized carbons (Fsp3) is 0.160. The Morgan fingerprint density at radius 1 is 0.939 bits per heavy atom. The van der Waals surface area contributed by atoms with E-state index in [2.05, 4.69) is 25.9 Å². The van der Waals surface area contributed by atoms with Gasteiger partial charge in [0.05, 0.1) is 37.4 Å². The molecule has 8 nitrogen and oxygen atoms in total. The Hall–Kier alpha value is -4.33. The molecule has 0 spiro atoms. The van der Waals surface area contributed by atoms with E-state index in [1.165, 1.54) is 0 Å². The molecule has 0 aliphatic carbocycles. The summed E-state index contributed by atoms with van der Waals surface area (Å²) in [5, 5.41) is 3.40. The summed E-state index contributed by atoms with van der Waals surface area (Å²) in [5.74, 6) is 2.81. The van der Waals surface area contributed by atoms with Crippen molar-refractivity contribution in [2.45, 2.75) is 6.92 Å². The van der Waals surface area contributed by atoms with Crippen molar-refractivity contribution in [3.05, 3.63) is 72.8 Å². The Balaban J connectivity index is 1.53. The van der Waals surface area contributed by atoms with Gasteiger partial charge in [-0.1, -0.05) is 18.2 Å². The first-order valence-electron chi connectivity index (χ1n) is 10.5. The van der Waals surface area contributed by atoms with E-state index in [0.29, 0.717) is 11.7 Å². The SMILES string of the molecule is COc1cccc(-c2nc3c(Nc4ccc(-n5cnc(C)c5)c(OC)n4)cccc3n2C)c1. The van der Waals surface area contributed by atoms with Gasteiger partial charge >= 0.3 is 0 Å². The van der Waals surface area contributed by atoms with Crippen molar-refractivity contribution < 1.29 is 9.47 Å². The predicted octanol–water partition coefficient (Wildman–Crippen LogP) is 4.89. The molecular weight excluding hydrogens is 416 g/mol. The number of aryl methyl sites for hydroxylation is 2. The average Bonchev–Trinajstić information content (AvgIpc) is 3.43. The molecule has 5 rings (SSSR count). The van der Waals surface area contributed by atoms with Crippen LogP contribution < -0.4 is 14.8 Å². The Morgan fingerprint density at radius 2 is 1.79 bits per heavy atom. The number of methoxy groups -OCH3 is 2. The van der Waals surface area contributed by atoms with Gasteiger partial charge in [0, 0.05) is 18.8 Å². The highest BCUT2D eigenvalue weighted by atomic mass is 16.5. The molecule has 0 atom stereocenters. The molecule has 8 heteroatoms. The fourth-order valence-electron chi connectivity index (χ4n) is 3.88. The number of benzene rings is 2. The molecular formula is C25H24N6O2. The molecule has 0 saturated heterocycles. The summed E-state index contributed by atoms with van der Waals surface area (Å²) in [5.41, 5.74) is 5.45. The van der Waals surface area contributed by atoms with E-state index in [-0.39, 0.29) is 0 Å². The average molecular weight is 441 g/mol. The van der Waals surface area contributed by atoms with E-state index < -0.39 is 0 Å². The standard InChI is InChI=1S/C25H24N6O2/c1-16-14-31(15-26-16)21-11-12-22(28-25(21)33-4)27-19-9-6-10-20-23(19)29-24(30(20)2)17-7-5-8-18(13-17)32-3/h5-15H,1-4H3,(H,27,28). The van der Waals surface area contributed by atoms with Crippen molar-refractivity contribution in [3.63, 3.8) is 0 Å². The minimum absolute atomic E-state index is 0.502. The lowest BCUT2D eigenvalue weighted by molar-refractivity contribution is 0.396. The Labute approximate surface area is 191 Å². The zero-order valence-corrected chi connectivity index (χ0v) is 18.9. The fourth-order valence-corrected chi connectivity index (χ4v) is 3.88. The van der Waals surface area contributed by atoms with Crippen LogP contribution in [0.3, 0.4) is 0 Å². The van der Waals surface area contributed by atoms with Crippen molar-refractivity contribution in [3.8, 4) is 28.7 Å². The molecule has 0 unspecified atom stereocenters.